The second-order valence-electron chi connectivity index (χ2n) is 6.93. The SMILES string of the molecule is CCC1(CC)NC(=O)C(C2CCCCC2)N(C(C)C)C1=O. The van der Waals surface area contributed by atoms with E-state index in [4.69, 9.17) is 0 Å². The monoisotopic (exact) mass is 294 g/mol. The molecule has 1 unspecified atom stereocenters. The molecule has 1 N–H and O–H groups in total. The third kappa shape index (κ3) is 2.82. The first-order chi connectivity index (χ1) is 9.96. The zero-order valence-corrected chi connectivity index (χ0v) is 13.9. The van der Waals surface area contributed by atoms with Crippen LogP contribution in [-0.2, 0) is 9.59 Å². The number of rotatable bonds is 4. The Morgan fingerprint density at radius 1 is 1.14 bits per heavy atom. The van der Waals surface area contributed by atoms with E-state index < -0.39 is 5.54 Å². The summed E-state index contributed by atoms with van der Waals surface area (Å²) in [5.41, 5.74) is -0.688. The van der Waals surface area contributed by atoms with Gasteiger partial charge in [0, 0.05) is 6.04 Å². The zero-order valence-electron chi connectivity index (χ0n) is 13.9. The maximum absolute atomic E-state index is 13.1. The van der Waals surface area contributed by atoms with Crippen LogP contribution in [0.1, 0.15) is 72.6 Å². The summed E-state index contributed by atoms with van der Waals surface area (Å²) < 4.78 is 0. The second kappa shape index (κ2) is 6.37. The molecule has 0 aromatic heterocycles. The number of nitrogens with zero attached hydrogens (tertiary/aromatic N) is 1. The molecule has 0 radical (unpaired) electrons. The molecule has 4 heteroatoms. The van der Waals surface area contributed by atoms with Crippen LogP contribution >= 0.6 is 0 Å². The van der Waals surface area contributed by atoms with Gasteiger partial charge in [-0.25, -0.2) is 0 Å². The Morgan fingerprint density at radius 3 is 2.19 bits per heavy atom. The fourth-order valence-electron chi connectivity index (χ4n) is 4.04. The predicted molar refractivity (Wildman–Crippen MR) is 83.8 cm³/mol. The summed E-state index contributed by atoms with van der Waals surface area (Å²) in [5, 5.41) is 3.08. The molecule has 4 nitrogen and oxygen atoms in total. The van der Waals surface area contributed by atoms with Crippen molar-refractivity contribution in [3.05, 3.63) is 0 Å². The Kier molecular flexibility index (Phi) is 4.95. The summed E-state index contributed by atoms with van der Waals surface area (Å²) in [4.78, 5) is 27.7. The summed E-state index contributed by atoms with van der Waals surface area (Å²) in [6.07, 6.45) is 7.08. The molecule has 21 heavy (non-hydrogen) atoms. The Labute approximate surface area is 128 Å². The number of carbonyl (C=O) groups is 2. The van der Waals surface area contributed by atoms with Crippen LogP contribution in [0.4, 0.5) is 0 Å². The molecule has 1 aliphatic carbocycles. The lowest BCUT2D eigenvalue weighted by Crippen LogP contribution is -2.72. The first-order valence-electron chi connectivity index (χ1n) is 8.61. The minimum atomic E-state index is -0.688. The minimum Gasteiger partial charge on any atom is -0.340 e. The standard InChI is InChI=1S/C17H30N2O2/c1-5-17(6-2)16(21)19(12(3)4)14(15(20)18-17)13-10-8-7-9-11-13/h12-14H,5-11H2,1-4H3,(H,18,20). The van der Waals surface area contributed by atoms with E-state index in [0.717, 1.165) is 12.8 Å². The quantitative estimate of drug-likeness (QED) is 0.866. The van der Waals surface area contributed by atoms with Crippen LogP contribution in [0.5, 0.6) is 0 Å². The predicted octanol–water partition coefficient (Wildman–Crippen LogP) is 2.86. The number of nitrogens with one attached hydrogen (secondary N) is 1. The Balaban J connectivity index is 2.33. The first kappa shape index (κ1) is 16.3. The van der Waals surface area contributed by atoms with E-state index in [-0.39, 0.29) is 23.9 Å². The van der Waals surface area contributed by atoms with Gasteiger partial charge < -0.3 is 10.2 Å². The number of hydrogen-bond donors (Lipinski definition) is 1. The molecular weight excluding hydrogens is 264 g/mol. The van der Waals surface area contributed by atoms with Crippen LogP contribution in [-0.4, -0.2) is 34.3 Å². The Morgan fingerprint density at radius 2 is 1.71 bits per heavy atom. The van der Waals surface area contributed by atoms with Crippen LogP contribution in [0.25, 0.3) is 0 Å². The molecule has 2 amide bonds. The lowest BCUT2D eigenvalue weighted by molar-refractivity contribution is -0.160. The Hall–Kier alpha value is -1.06. The van der Waals surface area contributed by atoms with E-state index in [9.17, 15) is 9.59 Å². The third-order valence-electron chi connectivity index (χ3n) is 5.43. The summed E-state index contributed by atoms with van der Waals surface area (Å²) in [5.74, 6) is 0.522. The third-order valence-corrected chi connectivity index (χ3v) is 5.43. The normalized spacial score (nSPS) is 27.1. The van der Waals surface area contributed by atoms with Crippen molar-refractivity contribution in [2.24, 2.45) is 5.92 Å². The molecule has 1 aliphatic heterocycles. The van der Waals surface area contributed by atoms with Gasteiger partial charge in [-0.3, -0.25) is 9.59 Å². The number of amides is 2. The van der Waals surface area contributed by atoms with Crippen LogP contribution in [0.3, 0.4) is 0 Å². The zero-order chi connectivity index (χ0) is 15.6. The van der Waals surface area contributed by atoms with Crippen LogP contribution in [0.2, 0.25) is 0 Å². The van der Waals surface area contributed by atoms with Crippen molar-refractivity contribution < 1.29 is 9.59 Å². The number of carbonyl (C=O) groups excluding carboxylic acids is 2. The first-order valence-corrected chi connectivity index (χ1v) is 8.61. The topological polar surface area (TPSA) is 49.4 Å². The average molecular weight is 294 g/mol. The van der Waals surface area contributed by atoms with Crippen LogP contribution in [0, 0.1) is 5.92 Å². The second-order valence-corrected chi connectivity index (χ2v) is 6.93. The average Bonchev–Trinajstić information content (AvgIpc) is 2.49. The minimum absolute atomic E-state index is 0.0684. The summed E-state index contributed by atoms with van der Waals surface area (Å²) in [6.45, 7) is 8.03. The molecule has 1 saturated carbocycles. The van der Waals surface area contributed by atoms with Crippen molar-refractivity contribution >= 4 is 11.8 Å². The van der Waals surface area contributed by atoms with E-state index in [1.807, 2.05) is 32.6 Å². The van der Waals surface area contributed by atoms with Gasteiger partial charge in [0.25, 0.3) is 0 Å². The molecule has 0 spiro atoms. The molecule has 1 saturated heterocycles. The van der Waals surface area contributed by atoms with Gasteiger partial charge in [0.1, 0.15) is 11.6 Å². The van der Waals surface area contributed by atoms with Gasteiger partial charge in [0.15, 0.2) is 0 Å². The van der Waals surface area contributed by atoms with Gasteiger partial charge in [-0.2, -0.15) is 0 Å². The van der Waals surface area contributed by atoms with Crippen LogP contribution < -0.4 is 5.32 Å². The van der Waals surface area contributed by atoms with Crippen molar-refractivity contribution in [3.8, 4) is 0 Å². The highest BCUT2D eigenvalue weighted by molar-refractivity contribution is 6.00. The molecule has 0 aromatic rings. The molecule has 2 rings (SSSR count). The van der Waals surface area contributed by atoms with E-state index in [1.54, 1.807) is 0 Å². The van der Waals surface area contributed by atoms with Gasteiger partial charge in [-0.1, -0.05) is 33.1 Å². The molecule has 2 aliphatic rings. The van der Waals surface area contributed by atoms with Crippen LogP contribution in [0.15, 0.2) is 0 Å². The molecular formula is C17H30N2O2. The van der Waals surface area contributed by atoms with Gasteiger partial charge in [-0.15, -0.1) is 0 Å². The van der Waals surface area contributed by atoms with E-state index in [0.29, 0.717) is 18.8 Å². The number of hydrogen-bond acceptors (Lipinski definition) is 2. The van der Waals surface area contributed by atoms with Gasteiger partial charge in [-0.05, 0) is 45.4 Å². The molecule has 0 aromatic carbocycles. The van der Waals surface area contributed by atoms with Crippen molar-refractivity contribution in [3.63, 3.8) is 0 Å². The smallest absolute Gasteiger partial charge is 0.249 e. The molecule has 1 atom stereocenters. The molecule has 2 fully saturated rings. The van der Waals surface area contributed by atoms with E-state index >= 15 is 0 Å². The Bertz CT molecular complexity index is 396. The molecule has 0 bridgehead atoms. The highest BCUT2D eigenvalue weighted by Gasteiger charge is 2.51. The van der Waals surface area contributed by atoms with Gasteiger partial charge in [0.05, 0.1) is 0 Å². The lowest BCUT2D eigenvalue weighted by Gasteiger charge is -2.50. The largest absolute Gasteiger partial charge is 0.340 e. The lowest BCUT2D eigenvalue weighted by atomic mass is 9.78. The van der Waals surface area contributed by atoms with Gasteiger partial charge in [0.2, 0.25) is 11.8 Å². The summed E-state index contributed by atoms with van der Waals surface area (Å²) in [6, 6.07) is -0.183. The fourth-order valence-corrected chi connectivity index (χ4v) is 4.04. The molecule has 120 valence electrons. The highest BCUT2D eigenvalue weighted by Crippen LogP contribution is 2.35. The van der Waals surface area contributed by atoms with Crippen molar-refractivity contribution in [2.45, 2.75) is 90.3 Å². The number of piperazine rings is 1. The summed E-state index contributed by atoms with van der Waals surface area (Å²) in [7, 11) is 0. The molecule has 1 heterocycles. The maximum atomic E-state index is 13.1. The van der Waals surface area contributed by atoms with Crippen molar-refractivity contribution in [1.29, 1.82) is 0 Å². The van der Waals surface area contributed by atoms with E-state index in [2.05, 4.69) is 5.32 Å². The summed E-state index contributed by atoms with van der Waals surface area (Å²) >= 11 is 0. The van der Waals surface area contributed by atoms with E-state index in [1.165, 1.54) is 19.3 Å². The maximum Gasteiger partial charge on any atom is 0.249 e. The van der Waals surface area contributed by atoms with Gasteiger partial charge >= 0.3 is 0 Å². The fraction of sp³-hybridized carbons (Fsp3) is 0.882. The van der Waals surface area contributed by atoms with Crippen molar-refractivity contribution in [1.82, 2.24) is 10.2 Å². The highest BCUT2D eigenvalue weighted by atomic mass is 16.2. The van der Waals surface area contributed by atoms with Crippen molar-refractivity contribution in [2.75, 3.05) is 0 Å².